The Morgan fingerprint density at radius 1 is 0.371 bits per heavy atom. The summed E-state index contributed by atoms with van der Waals surface area (Å²) in [7, 11) is 0. The number of phenolic OH excluding ortho intramolecular Hbond substituents is 5. The highest BCUT2D eigenvalue weighted by atomic mass is 16.4. The van der Waals surface area contributed by atoms with E-state index in [1.54, 1.807) is 18.2 Å². The maximum atomic E-state index is 10.8. The third-order valence-corrected chi connectivity index (χ3v) is 12.0. The van der Waals surface area contributed by atoms with E-state index in [1.807, 2.05) is 48.5 Å². The molecule has 8 nitrogen and oxygen atoms in total. The van der Waals surface area contributed by atoms with E-state index in [0.29, 0.717) is 17.8 Å². The van der Waals surface area contributed by atoms with Crippen LogP contribution < -0.4 is 0 Å². The summed E-state index contributed by atoms with van der Waals surface area (Å²) in [5.41, 5.74) is 8.44. The Balaban J connectivity index is 1.04. The predicted octanol–water partition coefficient (Wildman–Crippen LogP) is 13.3. The number of aromatic hydroxyl groups is 5. The maximum absolute atomic E-state index is 10.8. The molecule has 0 saturated carbocycles. The molecule has 0 aliphatic heterocycles. The fourth-order valence-corrected chi connectivity index (χ4v) is 8.99. The molecule has 0 aliphatic rings. The summed E-state index contributed by atoms with van der Waals surface area (Å²) in [5.74, 6) is -4.11. The number of furan rings is 1. The van der Waals surface area contributed by atoms with E-state index >= 15 is 0 Å². The molecule has 2 aromatic heterocycles. The van der Waals surface area contributed by atoms with Crippen molar-refractivity contribution in [2.75, 3.05) is 0 Å². The molecule has 0 radical (unpaired) electrons. The SMILES string of the molecule is CCc1c(-c2ccccc2)nc(-c2cccc(-c3c(O)c(O)c(O)c(O)c3O)c2)nc1-c1ccc2oc3cc(-c4ccc5c6ccccc6c6ccccc6c5c4)ccc3c2c1. The van der Waals surface area contributed by atoms with Gasteiger partial charge in [0.1, 0.15) is 11.2 Å². The van der Waals surface area contributed by atoms with Crippen LogP contribution in [-0.2, 0) is 6.42 Å². The number of hydrogen-bond donors (Lipinski definition) is 5. The summed E-state index contributed by atoms with van der Waals surface area (Å²) in [5, 5.41) is 61.4. The molecule has 11 aromatic rings. The lowest BCUT2D eigenvalue weighted by molar-refractivity contribution is 0.330. The van der Waals surface area contributed by atoms with E-state index < -0.39 is 28.7 Å². The van der Waals surface area contributed by atoms with Gasteiger partial charge in [0.25, 0.3) is 0 Å². The van der Waals surface area contributed by atoms with Crippen LogP contribution >= 0.6 is 0 Å². The molecule has 0 bridgehead atoms. The quantitative estimate of drug-likeness (QED) is 0.0635. The van der Waals surface area contributed by atoms with Crippen LogP contribution in [-0.4, -0.2) is 35.5 Å². The van der Waals surface area contributed by atoms with E-state index in [-0.39, 0.29) is 11.1 Å². The van der Waals surface area contributed by atoms with Crippen LogP contribution in [0.1, 0.15) is 12.5 Å². The Hall–Kier alpha value is -8.36. The van der Waals surface area contributed by atoms with E-state index in [4.69, 9.17) is 14.4 Å². The Bertz CT molecular complexity index is 3570. The molecule has 0 fully saturated rings. The average molecular weight is 809 g/mol. The van der Waals surface area contributed by atoms with Crippen molar-refractivity contribution in [1.29, 1.82) is 0 Å². The molecule has 0 amide bonds. The first-order chi connectivity index (χ1) is 30.3. The number of hydrogen-bond acceptors (Lipinski definition) is 8. The van der Waals surface area contributed by atoms with Gasteiger partial charge in [-0.2, -0.15) is 0 Å². The Morgan fingerprint density at radius 2 is 0.871 bits per heavy atom. The number of fused-ring (bicyclic) bond motifs is 9. The highest BCUT2D eigenvalue weighted by Crippen LogP contribution is 2.55. The minimum absolute atomic E-state index is 0.253. The zero-order chi connectivity index (χ0) is 42.2. The van der Waals surface area contributed by atoms with Crippen molar-refractivity contribution in [2.45, 2.75) is 13.3 Å². The molecule has 2 heterocycles. The molecule has 298 valence electrons. The summed E-state index contributed by atoms with van der Waals surface area (Å²) in [4.78, 5) is 10.3. The summed E-state index contributed by atoms with van der Waals surface area (Å²) in [6.45, 7) is 2.08. The van der Waals surface area contributed by atoms with Gasteiger partial charge in [0, 0.05) is 33.0 Å². The molecule has 9 aromatic carbocycles. The van der Waals surface area contributed by atoms with Gasteiger partial charge in [-0.15, -0.1) is 0 Å². The molecule has 11 rings (SSSR count). The third-order valence-electron chi connectivity index (χ3n) is 12.0. The van der Waals surface area contributed by atoms with Gasteiger partial charge >= 0.3 is 0 Å². The number of benzene rings is 9. The largest absolute Gasteiger partial charge is 0.504 e. The van der Waals surface area contributed by atoms with E-state index in [2.05, 4.69) is 97.9 Å². The average Bonchev–Trinajstić information content (AvgIpc) is 3.70. The summed E-state index contributed by atoms with van der Waals surface area (Å²) in [6.07, 6.45) is 0.637. The van der Waals surface area contributed by atoms with Crippen molar-refractivity contribution in [2.24, 2.45) is 0 Å². The molecule has 8 heteroatoms. The zero-order valence-corrected chi connectivity index (χ0v) is 33.3. The van der Waals surface area contributed by atoms with Crippen molar-refractivity contribution >= 4 is 54.3 Å². The van der Waals surface area contributed by atoms with Gasteiger partial charge < -0.3 is 29.9 Å². The smallest absolute Gasteiger partial charge is 0.208 e. The van der Waals surface area contributed by atoms with Crippen LogP contribution in [0.25, 0.3) is 110 Å². The number of nitrogens with zero attached hydrogens (tertiary/aromatic N) is 2. The molecule has 0 unspecified atom stereocenters. The Morgan fingerprint density at radius 3 is 1.53 bits per heavy atom. The molecular weight excluding hydrogens is 773 g/mol. The van der Waals surface area contributed by atoms with Crippen molar-refractivity contribution in [3.63, 3.8) is 0 Å². The highest BCUT2D eigenvalue weighted by molar-refractivity contribution is 6.25. The van der Waals surface area contributed by atoms with Gasteiger partial charge in [-0.3, -0.25) is 0 Å². The van der Waals surface area contributed by atoms with Gasteiger partial charge in [0.2, 0.25) is 17.2 Å². The van der Waals surface area contributed by atoms with Crippen molar-refractivity contribution in [3.05, 3.63) is 163 Å². The first-order valence-electron chi connectivity index (χ1n) is 20.3. The standard InChI is InChI=1S/C54H36N2O6/c1-2-35-47(29-11-4-3-5-12-29)55-54(34-14-10-13-32(25-34)46-49(57)51(59)53(61)52(60)50(46)58)56-48(35)33-21-24-44-43(27-33)41-23-20-31(28-45(41)62-44)30-19-22-40-38-17-7-6-15-36(38)37-16-8-9-18-39(37)42(40)26-30/h3-28,57-61H,2H2,1H3. The zero-order valence-electron chi connectivity index (χ0n) is 33.3. The van der Waals surface area contributed by atoms with Gasteiger partial charge in [-0.1, -0.05) is 122 Å². The first-order valence-corrected chi connectivity index (χ1v) is 20.3. The van der Waals surface area contributed by atoms with Crippen molar-refractivity contribution in [3.8, 4) is 84.9 Å². The topological polar surface area (TPSA) is 140 Å². The maximum Gasteiger partial charge on any atom is 0.208 e. The van der Waals surface area contributed by atoms with Crippen LogP contribution in [0.5, 0.6) is 28.7 Å². The Kier molecular flexibility index (Phi) is 8.37. The molecule has 0 saturated heterocycles. The predicted molar refractivity (Wildman–Crippen MR) is 247 cm³/mol. The summed E-state index contributed by atoms with van der Waals surface area (Å²) in [6, 6.07) is 53.0. The van der Waals surface area contributed by atoms with Gasteiger partial charge in [0.15, 0.2) is 17.3 Å². The second kappa shape index (κ2) is 14.1. The number of aromatic nitrogens is 2. The van der Waals surface area contributed by atoms with Crippen molar-refractivity contribution in [1.82, 2.24) is 9.97 Å². The van der Waals surface area contributed by atoms with Crippen LogP contribution in [0.3, 0.4) is 0 Å². The normalized spacial score (nSPS) is 11.7. The Labute approximate surface area is 354 Å². The monoisotopic (exact) mass is 808 g/mol. The molecule has 62 heavy (non-hydrogen) atoms. The molecule has 0 atom stereocenters. The van der Waals surface area contributed by atoms with Gasteiger partial charge in [-0.05, 0) is 97.9 Å². The minimum atomic E-state index is -1.02. The fourth-order valence-electron chi connectivity index (χ4n) is 8.99. The van der Waals surface area contributed by atoms with Crippen LogP contribution in [0.2, 0.25) is 0 Å². The number of rotatable bonds is 6. The van der Waals surface area contributed by atoms with Gasteiger partial charge in [-0.25, -0.2) is 9.97 Å². The lowest BCUT2D eigenvalue weighted by Crippen LogP contribution is -2.03. The third kappa shape index (κ3) is 5.68. The van der Waals surface area contributed by atoms with Gasteiger partial charge in [0.05, 0.1) is 17.0 Å². The van der Waals surface area contributed by atoms with Crippen LogP contribution in [0.4, 0.5) is 0 Å². The van der Waals surface area contributed by atoms with Crippen LogP contribution in [0, 0.1) is 0 Å². The van der Waals surface area contributed by atoms with E-state index in [1.165, 1.54) is 32.3 Å². The molecule has 5 N–H and O–H groups in total. The van der Waals surface area contributed by atoms with Crippen molar-refractivity contribution < 1.29 is 29.9 Å². The molecular formula is C54H36N2O6. The van der Waals surface area contributed by atoms with E-state index in [9.17, 15) is 25.5 Å². The number of phenols is 5. The summed E-state index contributed by atoms with van der Waals surface area (Å²) < 4.78 is 6.54. The van der Waals surface area contributed by atoms with Crippen LogP contribution in [0.15, 0.2) is 162 Å². The second-order valence-electron chi connectivity index (χ2n) is 15.5. The second-order valence-corrected chi connectivity index (χ2v) is 15.5. The molecule has 0 aliphatic carbocycles. The summed E-state index contributed by atoms with van der Waals surface area (Å²) >= 11 is 0. The van der Waals surface area contributed by atoms with E-state index in [0.717, 1.165) is 61.1 Å². The minimum Gasteiger partial charge on any atom is -0.504 e. The molecule has 0 spiro atoms. The fraction of sp³-hybridized carbons (Fsp3) is 0.0370. The lowest BCUT2D eigenvalue weighted by Gasteiger charge is -2.16. The first kappa shape index (κ1) is 36.7. The lowest BCUT2D eigenvalue weighted by atomic mass is 9.92. The highest BCUT2D eigenvalue weighted by Gasteiger charge is 2.25.